The van der Waals surface area contributed by atoms with Crippen LogP contribution in [0.3, 0.4) is 0 Å². The summed E-state index contributed by atoms with van der Waals surface area (Å²) in [5.41, 5.74) is 1.44. The van der Waals surface area contributed by atoms with Crippen LogP contribution in [0.2, 0.25) is 0 Å². The fraction of sp³-hybridized carbons (Fsp3) is 0.100. The number of aromatic nitrogens is 2. The van der Waals surface area contributed by atoms with E-state index in [0.717, 1.165) is 5.56 Å². The van der Waals surface area contributed by atoms with Crippen LogP contribution in [0.5, 0.6) is 0 Å². The number of hydrogen-bond acceptors (Lipinski definition) is 6. The van der Waals surface area contributed by atoms with E-state index in [1.54, 1.807) is 66.4 Å². The second-order valence-corrected chi connectivity index (χ2v) is 6.96. The van der Waals surface area contributed by atoms with Crippen LogP contribution in [0.15, 0.2) is 77.8 Å². The molecule has 0 aliphatic carbocycles. The number of carbonyl (C=O) groups is 2. The zero-order valence-electron chi connectivity index (χ0n) is 14.1. The van der Waals surface area contributed by atoms with Crippen molar-refractivity contribution in [3.63, 3.8) is 0 Å². The van der Waals surface area contributed by atoms with E-state index in [1.165, 1.54) is 16.2 Å². The summed E-state index contributed by atoms with van der Waals surface area (Å²) in [4.78, 5) is 36.1. The number of carbonyl (C=O) groups excluding carboxylic acids is 2. The van der Waals surface area contributed by atoms with Gasteiger partial charge in [0, 0.05) is 25.1 Å². The molecule has 1 unspecified atom stereocenters. The summed E-state index contributed by atoms with van der Waals surface area (Å²) in [6.07, 6.45) is 4.88. The second kappa shape index (κ2) is 7.13. The molecule has 0 saturated heterocycles. The number of pyridine rings is 2. The van der Waals surface area contributed by atoms with Gasteiger partial charge in [-0.25, -0.2) is 0 Å². The molecule has 6 nitrogen and oxygen atoms in total. The highest BCUT2D eigenvalue weighted by atomic mass is 32.1. The van der Waals surface area contributed by atoms with E-state index in [9.17, 15) is 14.7 Å². The molecule has 0 aromatic carbocycles. The lowest BCUT2D eigenvalue weighted by Gasteiger charge is -2.26. The third kappa shape index (κ3) is 3.13. The van der Waals surface area contributed by atoms with E-state index in [4.69, 9.17) is 0 Å². The normalized spacial score (nSPS) is 16.8. The molecule has 1 aliphatic heterocycles. The first-order chi connectivity index (χ1) is 13.2. The summed E-state index contributed by atoms with van der Waals surface area (Å²) < 4.78 is 0. The van der Waals surface area contributed by atoms with Crippen LogP contribution >= 0.6 is 11.3 Å². The maximum absolute atomic E-state index is 13.0. The van der Waals surface area contributed by atoms with Gasteiger partial charge >= 0.3 is 0 Å². The van der Waals surface area contributed by atoms with Gasteiger partial charge in [-0.2, -0.15) is 0 Å². The maximum atomic E-state index is 13.0. The Morgan fingerprint density at radius 2 is 1.93 bits per heavy atom. The fourth-order valence-electron chi connectivity index (χ4n) is 3.12. The van der Waals surface area contributed by atoms with Gasteiger partial charge in [0.25, 0.3) is 5.91 Å². The summed E-state index contributed by atoms with van der Waals surface area (Å²) >= 11 is 1.27. The van der Waals surface area contributed by atoms with Crippen molar-refractivity contribution in [2.45, 2.75) is 12.6 Å². The highest BCUT2D eigenvalue weighted by Crippen LogP contribution is 2.39. The molecule has 1 atom stereocenters. The minimum absolute atomic E-state index is 0.0650. The minimum atomic E-state index is -0.749. The van der Waals surface area contributed by atoms with Gasteiger partial charge in [-0.15, -0.1) is 11.3 Å². The van der Waals surface area contributed by atoms with Gasteiger partial charge in [0.2, 0.25) is 5.78 Å². The van der Waals surface area contributed by atoms with Crippen molar-refractivity contribution >= 4 is 23.0 Å². The predicted octanol–water partition coefficient (Wildman–Crippen LogP) is 3.32. The molecule has 0 spiro atoms. The molecule has 134 valence electrons. The number of aliphatic hydroxyl groups is 1. The zero-order valence-corrected chi connectivity index (χ0v) is 15.0. The van der Waals surface area contributed by atoms with E-state index in [1.807, 2.05) is 0 Å². The summed E-state index contributed by atoms with van der Waals surface area (Å²) in [7, 11) is 0. The minimum Gasteiger partial charge on any atom is -0.503 e. The van der Waals surface area contributed by atoms with Crippen molar-refractivity contribution in [1.82, 2.24) is 14.9 Å². The highest BCUT2D eigenvalue weighted by Gasteiger charge is 2.44. The first-order valence-electron chi connectivity index (χ1n) is 8.29. The molecule has 0 radical (unpaired) electrons. The molecular weight excluding hydrogens is 362 g/mol. The Labute approximate surface area is 159 Å². The molecule has 7 heteroatoms. The molecule has 1 amide bonds. The quantitative estimate of drug-likeness (QED) is 0.690. The summed E-state index contributed by atoms with van der Waals surface area (Å²) in [5, 5.41) is 12.3. The number of nitrogens with zero attached hydrogens (tertiary/aromatic N) is 3. The van der Waals surface area contributed by atoms with Gasteiger partial charge in [-0.1, -0.05) is 12.1 Å². The van der Waals surface area contributed by atoms with Crippen molar-refractivity contribution in [1.29, 1.82) is 0 Å². The Kier molecular flexibility index (Phi) is 4.52. The van der Waals surface area contributed by atoms with E-state index in [0.29, 0.717) is 10.6 Å². The molecule has 1 aliphatic rings. The number of hydrogen-bond donors (Lipinski definition) is 1. The third-order valence-electron chi connectivity index (χ3n) is 4.36. The lowest BCUT2D eigenvalue weighted by atomic mass is 9.99. The zero-order chi connectivity index (χ0) is 18.8. The first kappa shape index (κ1) is 17.1. The largest absolute Gasteiger partial charge is 0.503 e. The van der Waals surface area contributed by atoms with E-state index >= 15 is 0 Å². The van der Waals surface area contributed by atoms with Gasteiger partial charge < -0.3 is 10.0 Å². The van der Waals surface area contributed by atoms with Crippen molar-refractivity contribution < 1.29 is 14.7 Å². The van der Waals surface area contributed by atoms with Crippen molar-refractivity contribution in [3.05, 3.63) is 93.9 Å². The fourth-order valence-corrected chi connectivity index (χ4v) is 3.80. The molecule has 27 heavy (non-hydrogen) atoms. The number of rotatable bonds is 5. The van der Waals surface area contributed by atoms with Gasteiger partial charge in [0.15, 0.2) is 5.76 Å². The number of aliphatic hydroxyl groups excluding tert-OH is 1. The second-order valence-electron chi connectivity index (χ2n) is 6.01. The van der Waals surface area contributed by atoms with Crippen LogP contribution in [-0.4, -0.2) is 31.7 Å². The third-order valence-corrected chi connectivity index (χ3v) is 5.23. The monoisotopic (exact) mass is 377 g/mol. The van der Waals surface area contributed by atoms with Crippen LogP contribution in [-0.2, 0) is 11.3 Å². The number of Topliss-reactive ketones (excluding diaryl/α,β-unsaturated/α-hetero) is 1. The molecule has 3 aromatic rings. The van der Waals surface area contributed by atoms with E-state index in [2.05, 4.69) is 9.97 Å². The Balaban J connectivity index is 1.79. The van der Waals surface area contributed by atoms with E-state index < -0.39 is 17.7 Å². The van der Waals surface area contributed by atoms with Crippen molar-refractivity contribution in [2.75, 3.05) is 0 Å². The summed E-state index contributed by atoms with van der Waals surface area (Å²) in [6.45, 7) is 0.230. The smallest absolute Gasteiger partial charge is 0.290 e. The standard InChI is InChI=1S/C20H15N3O3S/c24-18(15-5-3-11-27-15)16-17(14-4-1-2-8-22-14)23(20(26)19(16)25)12-13-6-9-21-10-7-13/h1-11,17,25H,12H2. The van der Waals surface area contributed by atoms with Crippen molar-refractivity contribution in [2.24, 2.45) is 0 Å². The number of thiophene rings is 1. The van der Waals surface area contributed by atoms with Crippen LogP contribution in [0.25, 0.3) is 0 Å². The topological polar surface area (TPSA) is 83.4 Å². The molecule has 0 bridgehead atoms. The van der Waals surface area contributed by atoms with Crippen molar-refractivity contribution in [3.8, 4) is 0 Å². The van der Waals surface area contributed by atoms with Crippen LogP contribution in [0.1, 0.15) is 27.0 Å². The average Bonchev–Trinajstić information content (AvgIpc) is 3.32. The number of amides is 1. The van der Waals surface area contributed by atoms with Crippen LogP contribution < -0.4 is 0 Å². The predicted molar refractivity (Wildman–Crippen MR) is 100 cm³/mol. The Hall–Kier alpha value is -3.32. The molecule has 0 fully saturated rings. The molecule has 3 aromatic heterocycles. The van der Waals surface area contributed by atoms with Gasteiger partial charge in [0.1, 0.15) is 6.04 Å². The molecule has 4 rings (SSSR count). The Morgan fingerprint density at radius 1 is 1.11 bits per heavy atom. The Bertz CT molecular complexity index is 1000. The molecular formula is C20H15N3O3S. The van der Waals surface area contributed by atoms with Crippen LogP contribution in [0, 0.1) is 0 Å². The molecule has 4 heterocycles. The van der Waals surface area contributed by atoms with E-state index in [-0.39, 0.29) is 17.9 Å². The van der Waals surface area contributed by atoms with Crippen LogP contribution in [0.4, 0.5) is 0 Å². The number of ketones is 1. The SMILES string of the molecule is O=C(C1=C(O)C(=O)N(Cc2ccncc2)C1c1ccccn1)c1cccs1. The summed E-state index contributed by atoms with van der Waals surface area (Å²) in [6, 6.07) is 11.6. The Morgan fingerprint density at radius 3 is 2.59 bits per heavy atom. The lowest BCUT2D eigenvalue weighted by Crippen LogP contribution is -2.31. The first-order valence-corrected chi connectivity index (χ1v) is 9.17. The molecule has 1 N–H and O–H groups in total. The maximum Gasteiger partial charge on any atom is 0.290 e. The lowest BCUT2D eigenvalue weighted by molar-refractivity contribution is -0.130. The van der Waals surface area contributed by atoms with Gasteiger partial charge in [-0.3, -0.25) is 19.6 Å². The summed E-state index contributed by atoms with van der Waals surface area (Å²) in [5.74, 6) is -1.45. The average molecular weight is 377 g/mol. The molecule has 0 saturated carbocycles. The van der Waals surface area contributed by atoms with Gasteiger partial charge in [-0.05, 0) is 41.3 Å². The van der Waals surface area contributed by atoms with Gasteiger partial charge in [0.05, 0.1) is 16.1 Å². The highest BCUT2D eigenvalue weighted by molar-refractivity contribution is 7.12.